The molecular weight excluding hydrogens is 808 g/mol. The molecule has 1 aliphatic carbocycles. The van der Waals surface area contributed by atoms with E-state index in [0.717, 1.165) is 81.9 Å². The third-order valence-corrected chi connectivity index (χ3v) is 12.0. The summed E-state index contributed by atoms with van der Waals surface area (Å²) in [5.74, 6) is 0.0750. The van der Waals surface area contributed by atoms with Crippen molar-refractivity contribution >= 4 is 52.7 Å². The number of carbonyl (C=O) groups excluding carboxylic acids is 3. The predicted molar refractivity (Wildman–Crippen MR) is 214 cm³/mol. The Morgan fingerprint density at radius 1 is 0.933 bits per heavy atom. The van der Waals surface area contributed by atoms with E-state index in [1.807, 2.05) is 4.68 Å². The first-order valence-corrected chi connectivity index (χ1v) is 20.1. The number of carbonyl (C=O) groups is 3. The number of nitriles is 1. The molecule has 0 atom stereocenters. The van der Waals surface area contributed by atoms with E-state index >= 15 is 4.39 Å². The Hall–Kier alpha value is -5.54. The molecular formula is C41H45ClF4N10O4. The van der Waals surface area contributed by atoms with E-state index in [1.54, 1.807) is 24.5 Å². The number of piperidine rings is 2. The van der Waals surface area contributed by atoms with Gasteiger partial charge in [-0.05, 0) is 87.6 Å². The maximum absolute atomic E-state index is 15.0. The maximum atomic E-state index is 15.0. The van der Waals surface area contributed by atoms with Gasteiger partial charge in [0, 0.05) is 57.1 Å². The monoisotopic (exact) mass is 852 g/mol. The molecule has 3 saturated heterocycles. The highest BCUT2D eigenvalue weighted by Gasteiger charge is 2.35. The number of hydrogen-bond donors (Lipinski definition) is 2. The van der Waals surface area contributed by atoms with E-state index in [9.17, 15) is 27.6 Å². The lowest BCUT2D eigenvalue weighted by atomic mass is 9.92. The summed E-state index contributed by atoms with van der Waals surface area (Å²) in [5.41, 5.74) is -0.350. The van der Waals surface area contributed by atoms with E-state index in [0.29, 0.717) is 37.0 Å². The number of fused-ring (bicyclic) bond motifs is 1. The third kappa shape index (κ3) is 9.26. The lowest BCUT2D eigenvalue weighted by Gasteiger charge is -2.38. The van der Waals surface area contributed by atoms with Crippen molar-refractivity contribution in [2.24, 2.45) is 5.92 Å². The van der Waals surface area contributed by atoms with Gasteiger partial charge in [0.1, 0.15) is 23.1 Å². The van der Waals surface area contributed by atoms with Crippen LogP contribution in [-0.4, -0.2) is 93.9 Å². The molecule has 3 aliphatic heterocycles. The van der Waals surface area contributed by atoms with E-state index in [1.165, 1.54) is 23.2 Å². The van der Waals surface area contributed by atoms with Gasteiger partial charge >= 0.3 is 12.2 Å². The van der Waals surface area contributed by atoms with Crippen LogP contribution in [0.4, 0.5) is 33.9 Å². The molecule has 2 aromatic carbocycles. The highest BCUT2D eigenvalue weighted by Crippen LogP contribution is 2.37. The Kier molecular flexibility index (Phi) is 12.8. The quantitative estimate of drug-likeness (QED) is 0.181. The van der Waals surface area contributed by atoms with Crippen molar-refractivity contribution in [1.29, 1.82) is 5.26 Å². The Bertz CT molecular complexity index is 2240. The Labute approximate surface area is 349 Å². The lowest BCUT2D eigenvalue weighted by molar-refractivity contribution is -0.138. The molecule has 5 heterocycles. The number of alkyl halides is 3. The molecule has 60 heavy (non-hydrogen) atoms. The zero-order valence-corrected chi connectivity index (χ0v) is 33.5. The van der Waals surface area contributed by atoms with Gasteiger partial charge in [0.2, 0.25) is 5.91 Å². The van der Waals surface area contributed by atoms with Crippen molar-refractivity contribution in [3.05, 3.63) is 71.6 Å². The van der Waals surface area contributed by atoms with Crippen LogP contribution in [0.3, 0.4) is 0 Å². The summed E-state index contributed by atoms with van der Waals surface area (Å²) in [5, 5.41) is 19.5. The van der Waals surface area contributed by atoms with Crippen molar-refractivity contribution in [3.8, 4) is 11.8 Å². The normalized spacial score (nSPS) is 21.0. The number of aromatic nitrogens is 4. The van der Waals surface area contributed by atoms with Gasteiger partial charge in [0.25, 0.3) is 5.91 Å². The average Bonchev–Trinajstić information content (AvgIpc) is 3.66. The van der Waals surface area contributed by atoms with Gasteiger partial charge in [-0.3, -0.25) is 24.5 Å². The highest BCUT2D eigenvalue weighted by atomic mass is 35.5. The van der Waals surface area contributed by atoms with Gasteiger partial charge in [-0.1, -0.05) is 0 Å². The second-order valence-electron chi connectivity index (χ2n) is 15.8. The first-order chi connectivity index (χ1) is 28.4. The van der Waals surface area contributed by atoms with Crippen molar-refractivity contribution in [2.45, 2.75) is 82.2 Å². The van der Waals surface area contributed by atoms with Crippen LogP contribution in [-0.2, 0) is 11.0 Å². The minimum atomic E-state index is -4.66. The van der Waals surface area contributed by atoms with Crippen molar-refractivity contribution in [2.75, 3.05) is 49.1 Å². The molecule has 2 aromatic heterocycles. The number of nitrogens with one attached hydrogen (secondary N) is 2. The summed E-state index contributed by atoms with van der Waals surface area (Å²) in [4.78, 5) is 52.1. The standard InChI is InChI=1S/C41H44F4N10O4.ClH/c42-33-7-8-35-31(38(33)54-18-13-37(56)51-40(54)58)21-49-55(35)28-11-14-52(15-12-28)24-25-9-16-53(17-10-25)36-23-47-34(22-48-36)39(57)50-27-2-5-29(6-3-27)59-30-4-1-26(20-46)32(19-30)41(43,44)45;/h1,4,7-8,19,21-23,25,27-29H,2-3,5-6,9-18,24H2,(H,50,57)(H,51,56,58);1H/t27-,29-;. The van der Waals surface area contributed by atoms with Gasteiger partial charge in [-0.15, -0.1) is 12.4 Å². The number of urea groups is 1. The molecule has 4 fully saturated rings. The van der Waals surface area contributed by atoms with E-state index in [4.69, 9.17) is 10.00 Å². The Balaban J connectivity index is 0.00000544. The third-order valence-electron chi connectivity index (χ3n) is 12.0. The van der Waals surface area contributed by atoms with Gasteiger partial charge in [-0.25, -0.2) is 19.2 Å². The molecule has 14 nitrogen and oxygen atoms in total. The molecule has 318 valence electrons. The van der Waals surface area contributed by atoms with E-state index < -0.39 is 29.2 Å². The van der Waals surface area contributed by atoms with Crippen molar-refractivity contribution in [1.82, 2.24) is 35.3 Å². The number of nitrogens with zero attached hydrogens (tertiary/aromatic N) is 8. The summed E-state index contributed by atoms with van der Waals surface area (Å²) in [7, 11) is 0. The number of likely N-dealkylation sites (tertiary alicyclic amines) is 1. The molecule has 8 rings (SSSR count). The van der Waals surface area contributed by atoms with Gasteiger partial charge in [0.15, 0.2) is 0 Å². The van der Waals surface area contributed by atoms with Gasteiger partial charge in [0.05, 0.1) is 59.1 Å². The van der Waals surface area contributed by atoms with Crippen LogP contribution in [0.15, 0.2) is 48.9 Å². The smallest absolute Gasteiger partial charge is 0.417 e. The summed E-state index contributed by atoms with van der Waals surface area (Å²) in [6, 6.07) is 7.37. The molecule has 2 N–H and O–H groups in total. The van der Waals surface area contributed by atoms with Crippen LogP contribution in [0.25, 0.3) is 10.9 Å². The zero-order chi connectivity index (χ0) is 41.3. The molecule has 4 amide bonds. The van der Waals surface area contributed by atoms with Crippen LogP contribution in [0.5, 0.6) is 5.75 Å². The molecule has 0 bridgehead atoms. The average molecular weight is 853 g/mol. The first-order valence-electron chi connectivity index (χ1n) is 20.1. The van der Waals surface area contributed by atoms with E-state index in [-0.39, 0.29) is 72.5 Å². The number of amides is 4. The first kappa shape index (κ1) is 42.6. The minimum Gasteiger partial charge on any atom is -0.490 e. The van der Waals surface area contributed by atoms with Crippen molar-refractivity contribution in [3.63, 3.8) is 0 Å². The summed E-state index contributed by atoms with van der Waals surface area (Å²) < 4.78 is 62.9. The molecule has 19 heteroatoms. The van der Waals surface area contributed by atoms with Crippen LogP contribution < -0.4 is 25.2 Å². The second kappa shape index (κ2) is 18.0. The molecule has 0 radical (unpaired) electrons. The number of ether oxygens (including phenoxy) is 1. The fraction of sp³-hybridized carbons (Fsp3) is 0.488. The van der Waals surface area contributed by atoms with Crippen LogP contribution in [0, 0.1) is 23.1 Å². The Morgan fingerprint density at radius 2 is 1.68 bits per heavy atom. The fourth-order valence-corrected chi connectivity index (χ4v) is 8.79. The Morgan fingerprint density at radius 3 is 2.35 bits per heavy atom. The minimum absolute atomic E-state index is 0. The molecule has 1 saturated carbocycles. The molecule has 4 aliphatic rings. The summed E-state index contributed by atoms with van der Waals surface area (Å²) in [6.45, 7) is 4.57. The topological polar surface area (TPSA) is 162 Å². The van der Waals surface area contributed by atoms with Crippen LogP contribution >= 0.6 is 12.4 Å². The van der Waals surface area contributed by atoms with E-state index in [2.05, 4.69) is 35.5 Å². The lowest BCUT2D eigenvalue weighted by Crippen LogP contribution is -2.50. The SMILES string of the molecule is Cl.N#Cc1ccc(O[C@H]2CC[C@H](NC(=O)c3cnc(N4CCC(CN5CCC(n6ncc7c(N8CCC(=O)NC8=O)c(F)ccc76)CC5)CC4)cn3)CC2)cc1C(F)(F)F. The van der Waals surface area contributed by atoms with Crippen molar-refractivity contribution < 1.29 is 36.7 Å². The number of imide groups is 1. The number of benzene rings is 2. The van der Waals surface area contributed by atoms with Crippen LogP contribution in [0.1, 0.15) is 85.4 Å². The number of rotatable bonds is 9. The molecule has 4 aromatic rings. The largest absolute Gasteiger partial charge is 0.490 e. The molecule has 0 unspecified atom stereocenters. The highest BCUT2D eigenvalue weighted by molar-refractivity contribution is 6.09. The maximum Gasteiger partial charge on any atom is 0.417 e. The summed E-state index contributed by atoms with van der Waals surface area (Å²) >= 11 is 0. The molecule has 0 spiro atoms. The summed E-state index contributed by atoms with van der Waals surface area (Å²) in [6.07, 6.45) is 5.94. The number of hydrogen-bond acceptors (Lipinski definition) is 10. The van der Waals surface area contributed by atoms with Gasteiger partial charge < -0.3 is 19.9 Å². The number of anilines is 2. The second-order valence-corrected chi connectivity index (χ2v) is 15.8. The van der Waals surface area contributed by atoms with Gasteiger partial charge in [-0.2, -0.15) is 23.5 Å². The number of halogens is 5. The predicted octanol–water partition coefficient (Wildman–Crippen LogP) is 6.40. The fourth-order valence-electron chi connectivity index (χ4n) is 8.79. The van der Waals surface area contributed by atoms with Crippen LogP contribution in [0.2, 0.25) is 0 Å². The zero-order valence-electron chi connectivity index (χ0n) is 32.7.